The normalized spacial score (nSPS) is 12.0. The molecule has 0 fully saturated rings. The predicted octanol–water partition coefficient (Wildman–Crippen LogP) is 9.56. The SMILES string of the molecule is c1ccc(-c2cccc(-n3c4cccc5c6ccccc6c6ccccc6n6c7ccccc7c3c6c54)n2)cc1. The first-order valence-corrected chi connectivity index (χ1v) is 13.7. The molecule has 4 aromatic heterocycles. The predicted molar refractivity (Wildman–Crippen MR) is 167 cm³/mol. The summed E-state index contributed by atoms with van der Waals surface area (Å²) in [5, 5.41) is 7.45. The molecule has 3 nitrogen and oxygen atoms in total. The highest BCUT2D eigenvalue weighted by Gasteiger charge is 2.23. The third-order valence-electron chi connectivity index (χ3n) is 8.28. The summed E-state index contributed by atoms with van der Waals surface area (Å²) in [6.07, 6.45) is 0. The van der Waals surface area contributed by atoms with E-state index < -0.39 is 0 Å². The molecule has 5 aromatic carbocycles. The Labute approximate surface area is 230 Å². The molecule has 0 atom stereocenters. The lowest BCUT2D eigenvalue weighted by Crippen LogP contribution is -1.98. The number of rotatable bonds is 2. The van der Waals surface area contributed by atoms with E-state index in [0.717, 1.165) is 22.6 Å². The van der Waals surface area contributed by atoms with Crippen molar-refractivity contribution in [2.75, 3.05) is 0 Å². The molecule has 0 aliphatic heterocycles. The number of nitrogens with zero attached hydrogens (tertiary/aromatic N) is 3. The van der Waals surface area contributed by atoms with Gasteiger partial charge in [-0.3, -0.25) is 4.57 Å². The molecule has 4 heterocycles. The van der Waals surface area contributed by atoms with Crippen molar-refractivity contribution < 1.29 is 0 Å². The summed E-state index contributed by atoms with van der Waals surface area (Å²) in [6.45, 7) is 0. The van der Waals surface area contributed by atoms with Gasteiger partial charge in [0.05, 0.1) is 33.3 Å². The largest absolute Gasteiger partial charge is 0.306 e. The van der Waals surface area contributed by atoms with Gasteiger partial charge in [0.1, 0.15) is 5.82 Å². The molecule has 0 saturated carbocycles. The topological polar surface area (TPSA) is 22.2 Å². The zero-order chi connectivity index (χ0) is 26.2. The van der Waals surface area contributed by atoms with Gasteiger partial charge in [-0.2, -0.15) is 0 Å². The van der Waals surface area contributed by atoms with Gasteiger partial charge in [-0.15, -0.1) is 0 Å². The Bertz CT molecular complexity index is 2430. The van der Waals surface area contributed by atoms with Crippen LogP contribution in [-0.2, 0) is 0 Å². The van der Waals surface area contributed by atoms with Crippen LogP contribution in [-0.4, -0.2) is 14.0 Å². The molecule has 0 aliphatic rings. The van der Waals surface area contributed by atoms with Crippen LogP contribution < -0.4 is 0 Å². The van der Waals surface area contributed by atoms with Crippen molar-refractivity contribution in [3.05, 3.63) is 140 Å². The number of para-hydroxylation sites is 2. The maximum atomic E-state index is 5.24. The summed E-state index contributed by atoms with van der Waals surface area (Å²) in [6, 6.07) is 49.8. The standard InChI is InChI=1S/C37H23N3/c1-2-12-24(13-3-1)30-19-11-23-34(38-30)40-33-22-10-18-28-26-15-5-4-14-25(26)27-16-6-8-20-31(27)39-32-21-9-7-17-29(32)36(40)37(39)35(28)33/h1-23H. The molecule has 40 heavy (non-hydrogen) atoms. The minimum absolute atomic E-state index is 0.919. The highest BCUT2D eigenvalue weighted by molar-refractivity contribution is 6.29. The number of hydrogen-bond donors (Lipinski definition) is 0. The second-order valence-corrected chi connectivity index (χ2v) is 10.4. The van der Waals surface area contributed by atoms with Crippen LogP contribution in [0, 0.1) is 0 Å². The van der Waals surface area contributed by atoms with E-state index in [9.17, 15) is 0 Å². The fourth-order valence-corrected chi connectivity index (χ4v) is 6.65. The summed E-state index contributed by atoms with van der Waals surface area (Å²) in [7, 11) is 0. The number of hydrogen-bond acceptors (Lipinski definition) is 1. The van der Waals surface area contributed by atoms with E-state index in [-0.39, 0.29) is 0 Å². The summed E-state index contributed by atoms with van der Waals surface area (Å²) in [4.78, 5) is 5.24. The van der Waals surface area contributed by atoms with Crippen LogP contribution in [0.2, 0.25) is 0 Å². The fraction of sp³-hybridized carbons (Fsp3) is 0. The Balaban J connectivity index is 1.59. The zero-order valence-corrected chi connectivity index (χ0v) is 21.6. The Morgan fingerprint density at radius 1 is 0.400 bits per heavy atom. The average molecular weight is 510 g/mol. The molecule has 0 spiro atoms. The minimum Gasteiger partial charge on any atom is -0.306 e. The molecule has 0 bridgehead atoms. The molecule has 9 aromatic rings. The van der Waals surface area contributed by atoms with Crippen molar-refractivity contribution >= 4 is 59.9 Å². The summed E-state index contributed by atoms with van der Waals surface area (Å²) in [5.41, 5.74) is 8.04. The molecule has 0 radical (unpaired) electrons. The third-order valence-corrected chi connectivity index (χ3v) is 8.28. The lowest BCUT2D eigenvalue weighted by atomic mass is 10.0. The van der Waals surface area contributed by atoms with Crippen molar-refractivity contribution in [2.24, 2.45) is 0 Å². The van der Waals surface area contributed by atoms with Crippen LogP contribution in [0.25, 0.3) is 77.0 Å². The molecule has 0 N–H and O–H groups in total. The Morgan fingerprint density at radius 2 is 0.975 bits per heavy atom. The molecule has 186 valence electrons. The Kier molecular flexibility index (Phi) is 4.33. The molecule has 0 saturated heterocycles. The summed E-state index contributed by atoms with van der Waals surface area (Å²) < 4.78 is 4.84. The van der Waals surface area contributed by atoms with Gasteiger partial charge in [-0.05, 0) is 46.5 Å². The van der Waals surface area contributed by atoms with Gasteiger partial charge in [0.15, 0.2) is 0 Å². The van der Waals surface area contributed by atoms with Gasteiger partial charge >= 0.3 is 0 Å². The van der Waals surface area contributed by atoms with Crippen LogP contribution in [0.5, 0.6) is 0 Å². The second-order valence-electron chi connectivity index (χ2n) is 10.4. The molecule has 9 rings (SSSR count). The Hall–Kier alpha value is -5.41. The van der Waals surface area contributed by atoms with Gasteiger partial charge in [0, 0.05) is 21.7 Å². The van der Waals surface area contributed by atoms with Crippen LogP contribution in [0.15, 0.2) is 140 Å². The molecule has 0 unspecified atom stereocenters. The highest BCUT2D eigenvalue weighted by Crippen LogP contribution is 2.43. The lowest BCUT2D eigenvalue weighted by Gasteiger charge is -2.11. The van der Waals surface area contributed by atoms with Crippen LogP contribution in [0.4, 0.5) is 0 Å². The number of benzene rings is 5. The highest BCUT2D eigenvalue weighted by atomic mass is 15.1. The Morgan fingerprint density at radius 3 is 1.77 bits per heavy atom. The van der Waals surface area contributed by atoms with Crippen molar-refractivity contribution in [3.8, 4) is 17.1 Å². The quantitative estimate of drug-likeness (QED) is 0.227. The molecular weight excluding hydrogens is 486 g/mol. The maximum Gasteiger partial charge on any atom is 0.138 e. The second kappa shape index (κ2) is 8.05. The summed E-state index contributed by atoms with van der Waals surface area (Å²) in [5.74, 6) is 0.919. The van der Waals surface area contributed by atoms with Crippen LogP contribution in [0.3, 0.4) is 0 Å². The smallest absolute Gasteiger partial charge is 0.138 e. The van der Waals surface area contributed by atoms with E-state index in [4.69, 9.17) is 4.98 Å². The van der Waals surface area contributed by atoms with Crippen molar-refractivity contribution in [2.45, 2.75) is 0 Å². The lowest BCUT2D eigenvalue weighted by molar-refractivity contribution is 1.09. The molecular formula is C37H23N3. The van der Waals surface area contributed by atoms with Gasteiger partial charge in [0.2, 0.25) is 0 Å². The van der Waals surface area contributed by atoms with Gasteiger partial charge in [-0.1, -0.05) is 109 Å². The zero-order valence-electron chi connectivity index (χ0n) is 21.6. The third kappa shape index (κ3) is 2.81. The number of pyridine rings is 1. The van der Waals surface area contributed by atoms with Crippen molar-refractivity contribution in [3.63, 3.8) is 0 Å². The van der Waals surface area contributed by atoms with Gasteiger partial charge in [0.25, 0.3) is 0 Å². The monoisotopic (exact) mass is 509 g/mol. The van der Waals surface area contributed by atoms with E-state index in [1.165, 1.54) is 54.4 Å². The summed E-state index contributed by atoms with van der Waals surface area (Å²) >= 11 is 0. The van der Waals surface area contributed by atoms with Crippen LogP contribution in [0.1, 0.15) is 0 Å². The van der Waals surface area contributed by atoms with Gasteiger partial charge in [-0.25, -0.2) is 4.98 Å². The fourth-order valence-electron chi connectivity index (χ4n) is 6.65. The van der Waals surface area contributed by atoms with E-state index in [0.29, 0.717) is 0 Å². The van der Waals surface area contributed by atoms with Crippen LogP contribution >= 0.6 is 0 Å². The van der Waals surface area contributed by atoms with Gasteiger partial charge < -0.3 is 4.40 Å². The minimum atomic E-state index is 0.919. The first-order chi connectivity index (χ1) is 19.9. The number of aromatic nitrogens is 3. The average Bonchev–Trinajstić information content (AvgIpc) is 3.53. The first-order valence-electron chi connectivity index (χ1n) is 13.7. The number of fused-ring (bicyclic) bond motifs is 8. The molecule has 3 heteroatoms. The van der Waals surface area contributed by atoms with Crippen molar-refractivity contribution in [1.82, 2.24) is 14.0 Å². The first kappa shape index (κ1) is 21.5. The van der Waals surface area contributed by atoms with E-state index >= 15 is 0 Å². The van der Waals surface area contributed by atoms with Crippen molar-refractivity contribution in [1.29, 1.82) is 0 Å². The maximum absolute atomic E-state index is 5.24. The van der Waals surface area contributed by atoms with E-state index in [1.807, 2.05) is 6.07 Å². The molecule has 0 amide bonds. The van der Waals surface area contributed by atoms with E-state index in [1.54, 1.807) is 0 Å². The molecule has 0 aliphatic carbocycles. The van der Waals surface area contributed by atoms with E-state index in [2.05, 4.69) is 142 Å².